The van der Waals surface area contributed by atoms with Crippen LogP contribution in [-0.4, -0.2) is 48.9 Å². The topological polar surface area (TPSA) is 30.3 Å². The number of amidine groups is 1. The summed E-state index contributed by atoms with van der Waals surface area (Å²) >= 11 is 0. The Morgan fingerprint density at radius 3 is 2.17 bits per heavy atom. The van der Waals surface area contributed by atoms with Crippen molar-refractivity contribution in [2.45, 2.75) is 25.8 Å². The van der Waals surface area contributed by atoms with E-state index in [1.54, 1.807) is 0 Å². The summed E-state index contributed by atoms with van der Waals surface area (Å²) in [5, 5.41) is 7.47. The maximum atomic E-state index is 7.47. The fraction of sp³-hybridized carbons (Fsp3) is 0.889. The number of likely N-dealkylation sites (tertiary alicyclic amines) is 1. The van der Waals surface area contributed by atoms with Gasteiger partial charge in [0, 0.05) is 19.1 Å². The van der Waals surface area contributed by atoms with Gasteiger partial charge in [-0.3, -0.25) is 5.41 Å². The molecule has 0 aromatic carbocycles. The SMILES string of the molecule is CC(=N)N1CCC(N(C)C)CC1. The lowest BCUT2D eigenvalue weighted by Gasteiger charge is -2.35. The molecule has 0 aromatic rings. The van der Waals surface area contributed by atoms with Crippen LogP contribution in [0.4, 0.5) is 0 Å². The largest absolute Gasteiger partial charge is 0.361 e. The Morgan fingerprint density at radius 2 is 1.83 bits per heavy atom. The van der Waals surface area contributed by atoms with Crippen molar-refractivity contribution in [3.63, 3.8) is 0 Å². The minimum atomic E-state index is 0.715. The minimum absolute atomic E-state index is 0.715. The fourth-order valence-electron chi connectivity index (χ4n) is 1.72. The number of nitrogens with one attached hydrogen (secondary N) is 1. The molecule has 1 fully saturated rings. The Balaban J connectivity index is 2.34. The lowest BCUT2D eigenvalue weighted by Crippen LogP contribution is -2.43. The predicted molar refractivity (Wildman–Crippen MR) is 51.7 cm³/mol. The van der Waals surface area contributed by atoms with Gasteiger partial charge in [0.2, 0.25) is 0 Å². The summed E-state index contributed by atoms with van der Waals surface area (Å²) in [4.78, 5) is 4.44. The average Bonchev–Trinajstić information content (AvgIpc) is 2.04. The van der Waals surface area contributed by atoms with Gasteiger partial charge in [0.15, 0.2) is 0 Å². The van der Waals surface area contributed by atoms with Crippen molar-refractivity contribution < 1.29 is 0 Å². The van der Waals surface area contributed by atoms with E-state index in [1.807, 2.05) is 6.92 Å². The smallest absolute Gasteiger partial charge is 0.0925 e. The third kappa shape index (κ3) is 2.21. The van der Waals surface area contributed by atoms with Crippen LogP contribution < -0.4 is 0 Å². The van der Waals surface area contributed by atoms with E-state index in [1.165, 1.54) is 12.8 Å². The molecule has 3 nitrogen and oxygen atoms in total. The molecule has 0 bridgehead atoms. The third-order valence-electron chi connectivity index (χ3n) is 2.67. The molecule has 0 atom stereocenters. The zero-order valence-electron chi connectivity index (χ0n) is 8.30. The van der Waals surface area contributed by atoms with Gasteiger partial charge >= 0.3 is 0 Å². The lowest BCUT2D eigenvalue weighted by atomic mass is 10.0. The van der Waals surface area contributed by atoms with E-state index in [9.17, 15) is 0 Å². The van der Waals surface area contributed by atoms with Crippen molar-refractivity contribution in [2.24, 2.45) is 0 Å². The van der Waals surface area contributed by atoms with Crippen LogP contribution in [0.3, 0.4) is 0 Å². The summed E-state index contributed by atoms with van der Waals surface area (Å²) in [7, 11) is 4.27. The molecule has 70 valence electrons. The Morgan fingerprint density at radius 1 is 1.33 bits per heavy atom. The molecule has 0 amide bonds. The molecule has 1 heterocycles. The summed E-state index contributed by atoms with van der Waals surface area (Å²) in [5.74, 6) is 0.715. The highest BCUT2D eigenvalue weighted by Crippen LogP contribution is 2.13. The van der Waals surface area contributed by atoms with Gasteiger partial charge in [-0.15, -0.1) is 0 Å². The summed E-state index contributed by atoms with van der Waals surface area (Å²) in [6, 6.07) is 0.723. The molecule has 0 radical (unpaired) electrons. The van der Waals surface area contributed by atoms with E-state index in [-0.39, 0.29) is 0 Å². The highest BCUT2D eigenvalue weighted by Gasteiger charge is 2.20. The molecule has 1 rings (SSSR count). The van der Waals surface area contributed by atoms with E-state index < -0.39 is 0 Å². The maximum absolute atomic E-state index is 7.47. The van der Waals surface area contributed by atoms with Gasteiger partial charge in [-0.05, 0) is 33.9 Å². The van der Waals surface area contributed by atoms with E-state index in [4.69, 9.17) is 5.41 Å². The van der Waals surface area contributed by atoms with Crippen LogP contribution in [0.25, 0.3) is 0 Å². The molecular weight excluding hydrogens is 150 g/mol. The first-order chi connectivity index (χ1) is 5.61. The highest BCUT2D eigenvalue weighted by molar-refractivity contribution is 5.76. The van der Waals surface area contributed by atoms with Crippen molar-refractivity contribution in [1.82, 2.24) is 9.80 Å². The summed E-state index contributed by atoms with van der Waals surface area (Å²) in [6.07, 6.45) is 2.40. The van der Waals surface area contributed by atoms with Crippen molar-refractivity contribution in [3.8, 4) is 0 Å². The summed E-state index contributed by atoms with van der Waals surface area (Å²) in [5.41, 5.74) is 0. The van der Waals surface area contributed by atoms with Crippen LogP contribution in [0.15, 0.2) is 0 Å². The first-order valence-electron chi connectivity index (χ1n) is 4.58. The third-order valence-corrected chi connectivity index (χ3v) is 2.67. The zero-order chi connectivity index (χ0) is 9.14. The second kappa shape index (κ2) is 3.90. The average molecular weight is 169 g/mol. The molecule has 0 saturated carbocycles. The molecular formula is C9H19N3. The second-order valence-electron chi connectivity index (χ2n) is 3.77. The Labute approximate surface area is 74.9 Å². The van der Waals surface area contributed by atoms with E-state index >= 15 is 0 Å². The lowest BCUT2D eigenvalue weighted by molar-refractivity contribution is 0.190. The van der Waals surface area contributed by atoms with Crippen LogP contribution in [0.1, 0.15) is 19.8 Å². The molecule has 1 saturated heterocycles. The Kier molecular flexibility index (Phi) is 3.09. The van der Waals surface area contributed by atoms with Crippen molar-refractivity contribution >= 4 is 5.84 Å². The Bertz CT molecular complexity index is 157. The molecule has 0 aromatic heterocycles. The zero-order valence-corrected chi connectivity index (χ0v) is 8.30. The van der Waals surface area contributed by atoms with Crippen molar-refractivity contribution in [1.29, 1.82) is 5.41 Å². The molecule has 0 aliphatic carbocycles. The summed E-state index contributed by atoms with van der Waals surface area (Å²) < 4.78 is 0. The number of nitrogens with zero attached hydrogens (tertiary/aromatic N) is 2. The molecule has 1 aliphatic heterocycles. The van der Waals surface area contributed by atoms with Gasteiger partial charge in [0.25, 0.3) is 0 Å². The van der Waals surface area contributed by atoms with Crippen LogP contribution >= 0.6 is 0 Å². The van der Waals surface area contributed by atoms with Gasteiger partial charge < -0.3 is 9.80 Å². The van der Waals surface area contributed by atoms with E-state index in [2.05, 4.69) is 23.9 Å². The quantitative estimate of drug-likeness (QED) is 0.469. The monoisotopic (exact) mass is 169 g/mol. The molecule has 3 heteroatoms. The normalized spacial score (nSPS) is 20.2. The fourth-order valence-corrected chi connectivity index (χ4v) is 1.72. The van der Waals surface area contributed by atoms with Gasteiger partial charge in [-0.25, -0.2) is 0 Å². The first-order valence-corrected chi connectivity index (χ1v) is 4.58. The van der Waals surface area contributed by atoms with E-state index in [0.717, 1.165) is 19.1 Å². The summed E-state index contributed by atoms with van der Waals surface area (Å²) in [6.45, 7) is 3.98. The number of hydrogen-bond acceptors (Lipinski definition) is 2. The van der Waals surface area contributed by atoms with Crippen molar-refractivity contribution in [3.05, 3.63) is 0 Å². The molecule has 12 heavy (non-hydrogen) atoms. The highest BCUT2D eigenvalue weighted by atomic mass is 15.2. The maximum Gasteiger partial charge on any atom is 0.0925 e. The van der Waals surface area contributed by atoms with Crippen LogP contribution in [0.5, 0.6) is 0 Å². The second-order valence-corrected chi connectivity index (χ2v) is 3.77. The number of piperidine rings is 1. The van der Waals surface area contributed by atoms with Gasteiger partial charge in [0.1, 0.15) is 0 Å². The standard InChI is InChI=1S/C9H19N3/c1-8(10)12-6-4-9(5-7-12)11(2)3/h9-10H,4-7H2,1-3H3. The van der Waals surface area contributed by atoms with Crippen molar-refractivity contribution in [2.75, 3.05) is 27.2 Å². The first kappa shape index (κ1) is 9.52. The van der Waals surface area contributed by atoms with Crippen LogP contribution in [0, 0.1) is 5.41 Å². The molecule has 1 N–H and O–H groups in total. The van der Waals surface area contributed by atoms with E-state index in [0.29, 0.717) is 5.84 Å². The van der Waals surface area contributed by atoms with Gasteiger partial charge in [-0.1, -0.05) is 0 Å². The minimum Gasteiger partial charge on any atom is -0.361 e. The number of hydrogen-bond donors (Lipinski definition) is 1. The van der Waals surface area contributed by atoms with Crippen LogP contribution in [0.2, 0.25) is 0 Å². The molecule has 0 spiro atoms. The van der Waals surface area contributed by atoms with Crippen LogP contribution in [-0.2, 0) is 0 Å². The molecule has 1 aliphatic rings. The predicted octanol–water partition coefficient (Wildman–Crippen LogP) is 1.01. The van der Waals surface area contributed by atoms with Gasteiger partial charge in [0.05, 0.1) is 5.84 Å². The Hall–Kier alpha value is -0.570. The molecule has 0 unspecified atom stereocenters. The number of rotatable bonds is 1. The van der Waals surface area contributed by atoms with Gasteiger partial charge in [-0.2, -0.15) is 0 Å².